The quantitative estimate of drug-likeness (QED) is 0.325. The molecule has 1 N–H and O–H groups in total. The molecule has 1 aromatic heterocycles. The first kappa shape index (κ1) is 24.4. The van der Waals surface area contributed by atoms with Crippen LogP contribution >= 0.6 is 0 Å². The van der Waals surface area contributed by atoms with Crippen molar-refractivity contribution in [1.82, 2.24) is 14.5 Å². The number of hydrogen-bond acceptors (Lipinski definition) is 5. The van der Waals surface area contributed by atoms with Crippen molar-refractivity contribution in [3.05, 3.63) is 120 Å². The van der Waals surface area contributed by atoms with Gasteiger partial charge in [-0.05, 0) is 60.3 Å². The number of fused-ring (bicyclic) bond motifs is 4. The largest absolute Gasteiger partial charge is 0.456 e. The van der Waals surface area contributed by atoms with Gasteiger partial charge in [-0.25, -0.2) is 4.98 Å². The van der Waals surface area contributed by atoms with Gasteiger partial charge in [0.2, 0.25) is 5.91 Å². The molecule has 1 aliphatic heterocycles. The minimum absolute atomic E-state index is 0.0877. The molecular weight excluding hydrogens is 486 g/mol. The molecule has 4 bridgehead atoms. The minimum atomic E-state index is -0.417. The number of carbonyl (C=O) groups is 1. The molecule has 4 aromatic carbocycles. The van der Waals surface area contributed by atoms with Crippen LogP contribution < -0.4 is 10.1 Å². The highest BCUT2D eigenvalue weighted by Crippen LogP contribution is 2.32. The van der Waals surface area contributed by atoms with E-state index < -0.39 is 6.04 Å². The normalized spacial score (nSPS) is 15.8. The zero-order chi connectivity index (χ0) is 26.8. The predicted octanol–water partition coefficient (Wildman–Crippen LogP) is 5.74. The fraction of sp³-hybridized carbons (Fsp3) is 0.156. The molecule has 0 radical (unpaired) electrons. The van der Waals surface area contributed by atoms with E-state index in [1.807, 2.05) is 92.1 Å². The number of imidazole rings is 1. The molecule has 192 valence electrons. The number of nitriles is 1. The number of carbonyl (C=O) groups excluding carboxylic acids is 1. The Kier molecular flexibility index (Phi) is 6.54. The van der Waals surface area contributed by atoms with Crippen molar-refractivity contribution < 1.29 is 9.53 Å². The molecule has 1 aliphatic rings. The summed E-state index contributed by atoms with van der Waals surface area (Å²) in [7, 11) is 1.97. The number of anilines is 1. The fourth-order valence-electron chi connectivity index (χ4n) is 5.08. The average molecular weight is 514 g/mol. The van der Waals surface area contributed by atoms with Gasteiger partial charge in [-0.2, -0.15) is 5.26 Å². The third kappa shape index (κ3) is 5.11. The lowest BCUT2D eigenvalue weighted by Crippen LogP contribution is -2.43. The summed E-state index contributed by atoms with van der Waals surface area (Å²) in [5, 5.41) is 14.7. The topological polar surface area (TPSA) is 83.2 Å². The Morgan fingerprint density at radius 1 is 1.03 bits per heavy atom. The van der Waals surface area contributed by atoms with E-state index in [1.165, 1.54) is 0 Å². The molecule has 0 saturated heterocycles. The highest BCUT2D eigenvalue weighted by atomic mass is 16.5. The summed E-state index contributed by atoms with van der Waals surface area (Å²) >= 11 is 0. The van der Waals surface area contributed by atoms with E-state index in [0.29, 0.717) is 42.3 Å². The molecule has 7 heteroatoms. The summed E-state index contributed by atoms with van der Waals surface area (Å²) in [5.41, 5.74) is 4.22. The van der Waals surface area contributed by atoms with E-state index in [1.54, 1.807) is 12.4 Å². The van der Waals surface area contributed by atoms with E-state index >= 15 is 0 Å². The van der Waals surface area contributed by atoms with Crippen LogP contribution in [0.2, 0.25) is 0 Å². The number of rotatable bonds is 2. The second-order valence-electron chi connectivity index (χ2n) is 9.86. The highest BCUT2D eigenvalue weighted by molar-refractivity contribution is 6.04. The lowest BCUT2D eigenvalue weighted by atomic mass is 10.0. The van der Waals surface area contributed by atoms with Crippen LogP contribution in [0.25, 0.3) is 10.8 Å². The van der Waals surface area contributed by atoms with E-state index in [9.17, 15) is 10.1 Å². The monoisotopic (exact) mass is 513 g/mol. The van der Waals surface area contributed by atoms with E-state index in [0.717, 1.165) is 27.6 Å². The zero-order valence-corrected chi connectivity index (χ0v) is 21.5. The lowest BCUT2D eigenvalue weighted by molar-refractivity contribution is -0.121. The molecular formula is C32H27N5O2. The van der Waals surface area contributed by atoms with Gasteiger partial charge in [0.05, 0.1) is 23.6 Å². The maximum absolute atomic E-state index is 13.9. The SMILES string of the molecule is CN1Cc2cncn2Cc2ccc(C#N)c(c2)Oc2ccc3cccc(c3c2)NC(=O)[C@H]1Cc1ccccc1. The molecule has 0 aliphatic carbocycles. The number of likely N-dealkylation sites (N-methyl/N-ethyl adjacent to an activating group) is 1. The van der Waals surface area contributed by atoms with Crippen LogP contribution in [0.4, 0.5) is 5.69 Å². The number of nitrogens with zero attached hydrogens (tertiary/aromatic N) is 4. The van der Waals surface area contributed by atoms with Gasteiger partial charge in [0.1, 0.15) is 17.6 Å². The van der Waals surface area contributed by atoms with Gasteiger partial charge in [0, 0.05) is 30.4 Å². The molecule has 7 nitrogen and oxygen atoms in total. The van der Waals surface area contributed by atoms with Gasteiger partial charge in [-0.3, -0.25) is 9.69 Å². The lowest BCUT2D eigenvalue weighted by Gasteiger charge is -2.28. The molecule has 2 heterocycles. The van der Waals surface area contributed by atoms with Gasteiger partial charge < -0.3 is 14.6 Å². The standard InChI is InChI=1S/C32H27N5O2/c1-36-20-26-18-34-21-37(26)19-23-10-11-25(17-33)31(15-23)39-27-13-12-24-8-5-9-29(28(24)16-27)35-32(38)30(36)14-22-6-3-2-4-7-22/h2-13,15-16,18,21,30H,14,19-20H2,1H3,(H,35,38)/t30-/m1/s1. The van der Waals surface area contributed by atoms with Gasteiger partial charge >= 0.3 is 0 Å². The number of ether oxygens (including phenoxy) is 1. The molecule has 0 unspecified atom stereocenters. The molecule has 0 spiro atoms. The summed E-state index contributed by atoms with van der Waals surface area (Å²) in [6, 6.07) is 29.1. The highest BCUT2D eigenvalue weighted by Gasteiger charge is 2.25. The summed E-state index contributed by atoms with van der Waals surface area (Å²) < 4.78 is 8.31. The second-order valence-corrected chi connectivity index (χ2v) is 9.86. The first-order chi connectivity index (χ1) is 19.1. The molecule has 0 saturated carbocycles. The third-order valence-corrected chi connectivity index (χ3v) is 7.18. The van der Waals surface area contributed by atoms with Crippen molar-refractivity contribution in [2.24, 2.45) is 0 Å². The minimum Gasteiger partial charge on any atom is -0.456 e. The maximum Gasteiger partial charge on any atom is 0.242 e. The molecule has 39 heavy (non-hydrogen) atoms. The Bertz CT molecular complexity index is 1700. The van der Waals surface area contributed by atoms with Crippen LogP contribution in [0.5, 0.6) is 11.5 Å². The summed E-state index contributed by atoms with van der Waals surface area (Å²) in [6.45, 7) is 1.09. The summed E-state index contributed by atoms with van der Waals surface area (Å²) in [5.74, 6) is 0.992. The maximum atomic E-state index is 13.9. The Balaban J connectivity index is 1.47. The van der Waals surface area contributed by atoms with Crippen molar-refractivity contribution in [2.45, 2.75) is 25.6 Å². The first-order valence-corrected chi connectivity index (χ1v) is 12.8. The Labute approximate surface area is 226 Å². The zero-order valence-electron chi connectivity index (χ0n) is 21.5. The smallest absolute Gasteiger partial charge is 0.242 e. The number of nitrogens with one attached hydrogen (secondary N) is 1. The van der Waals surface area contributed by atoms with E-state index in [4.69, 9.17) is 4.74 Å². The van der Waals surface area contributed by atoms with Gasteiger partial charge in [0.15, 0.2) is 0 Å². The third-order valence-electron chi connectivity index (χ3n) is 7.18. The summed E-state index contributed by atoms with van der Waals surface area (Å²) in [6.07, 6.45) is 4.20. The van der Waals surface area contributed by atoms with Gasteiger partial charge in [0.25, 0.3) is 0 Å². The Hall–Kier alpha value is -4.93. The Morgan fingerprint density at radius 3 is 2.74 bits per heavy atom. The molecule has 0 fully saturated rings. The van der Waals surface area contributed by atoms with Gasteiger partial charge in [-0.15, -0.1) is 0 Å². The molecule has 1 amide bonds. The predicted molar refractivity (Wildman–Crippen MR) is 151 cm³/mol. The van der Waals surface area contributed by atoms with Gasteiger partial charge in [-0.1, -0.05) is 54.6 Å². The van der Waals surface area contributed by atoms with Crippen LogP contribution in [0, 0.1) is 11.3 Å². The number of benzene rings is 4. The molecule has 1 atom stereocenters. The van der Waals surface area contributed by atoms with Crippen LogP contribution in [-0.4, -0.2) is 33.4 Å². The van der Waals surface area contributed by atoms with E-state index in [-0.39, 0.29) is 5.91 Å². The van der Waals surface area contributed by atoms with Crippen LogP contribution in [0.15, 0.2) is 97.5 Å². The number of amides is 1. The number of hydrogen-bond donors (Lipinski definition) is 1. The molecule has 6 rings (SSSR count). The second kappa shape index (κ2) is 10.4. The number of aromatic nitrogens is 2. The Morgan fingerprint density at radius 2 is 1.90 bits per heavy atom. The summed E-state index contributed by atoms with van der Waals surface area (Å²) in [4.78, 5) is 20.3. The van der Waals surface area contributed by atoms with Crippen LogP contribution in [0.3, 0.4) is 0 Å². The van der Waals surface area contributed by atoms with Crippen molar-refractivity contribution in [1.29, 1.82) is 5.26 Å². The van der Waals surface area contributed by atoms with Crippen LogP contribution in [0.1, 0.15) is 22.4 Å². The fourth-order valence-corrected chi connectivity index (χ4v) is 5.08. The molecule has 5 aromatic rings. The van der Waals surface area contributed by atoms with E-state index in [2.05, 4.69) is 25.8 Å². The van der Waals surface area contributed by atoms with Crippen molar-refractivity contribution in [3.8, 4) is 17.6 Å². The van der Waals surface area contributed by atoms with Crippen molar-refractivity contribution >= 4 is 22.4 Å². The van der Waals surface area contributed by atoms with Crippen molar-refractivity contribution in [3.63, 3.8) is 0 Å². The first-order valence-electron chi connectivity index (χ1n) is 12.8. The van der Waals surface area contributed by atoms with Crippen LogP contribution in [-0.2, 0) is 24.3 Å². The van der Waals surface area contributed by atoms with Crippen molar-refractivity contribution in [2.75, 3.05) is 12.4 Å². The average Bonchev–Trinajstić information content (AvgIpc) is 3.38.